The van der Waals surface area contributed by atoms with E-state index in [1.807, 2.05) is 0 Å². The molecule has 0 atom stereocenters. The van der Waals surface area contributed by atoms with E-state index < -0.39 is 25.3 Å². The van der Waals surface area contributed by atoms with Crippen LogP contribution < -0.4 is 4.74 Å². The van der Waals surface area contributed by atoms with Crippen LogP contribution in [0.3, 0.4) is 0 Å². The molecule has 0 fully saturated rings. The number of hydrogen-bond donors (Lipinski definition) is 0. The van der Waals surface area contributed by atoms with Gasteiger partial charge in [0.05, 0.1) is 9.79 Å². The van der Waals surface area contributed by atoms with Crippen LogP contribution >= 0.6 is 11.3 Å². The molecule has 2 aromatic rings. The monoisotopic (exact) mass is 374 g/mol. The van der Waals surface area contributed by atoms with Crippen molar-refractivity contribution in [2.45, 2.75) is 40.4 Å². The summed E-state index contributed by atoms with van der Waals surface area (Å²) in [6, 6.07) is 6.98. The van der Waals surface area contributed by atoms with Gasteiger partial charge in [-0.1, -0.05) is 6.07 Å². The number of benzene rings is 1. The van der Waals surface area contributed by atoms with Gasteiger partial charge in [-0.25, -0.2) is 16.8 Å². The molecule has 2 rings (SSSR count). The van der Waals surface area contributed by atoms with Crippen LogP contribution in [-0.4, -0.2) is 28.7 Å². The maximum absolute atomic E-state index is 12.7. The van der Waals surface area contributed by atoms with Gasteiger partial charge in [-0.3, -0.25) is 0 Å². The molecule has 0 saturated heterocycles. The van der Waals surface area contributed by atoms with Gasteiger partial charge >= 0.3 is 0 Å². The molecule has 5 nitrogen and oxygen atoms in total. The lowest BCUT2D eigenvalue weighted by molar-refractivity contribution is 0.130. The van der Waals surface area contributed by atoms with Crippen molar-refractivity contribution < 1.29 is 21.6 Å². The Hall–Kier alpha value is -1.38. The van der Waals surface area contributed by atoms with Gasteiger partial charge in [0, 0.05) is 6.26 Å². The van der Waals surface area contributed by atoms with Crippen LogP contribution in [0.15, 0.2) is 49.7 Å². The Bertz CT molecular complexity index is 903. The Morgan fingerprint density at radius 3 is 2.09 bits per heavy atom. The fraction of sp³-hybridized carbons (Fsp3) is 0.333. The Kier molecular flexibility index (Phi) is 4.62. The fourth-order valence-electron chi connectivity index (χ4n) is 1.86. The number of thiophene rings is 1. The normalized spacial score (nSPS) is 13.0. The predicted octanol–water partition coefficient (Wildman–Crippen LogP) is 3.16. The molecule has 0 saturated carbocycles. The molecule has 0 aliphatic carbocycles. The fourth-order valence-corrected chi connectivity index (χ4v) is 5.06. The van der Waals surface area contributed by atoms with Gasteiger partial charge in [0.15, 0.2) is 9.84 Å². The molecule has 0 N–H and O–H groups in total. The smallest absolute Gasteiger partial charge is 0.216 e. The Labute approximate surface area is 140 Å². The molecule has 126 valence electrons. The minimum Gasteiger partial charge on any atom is -0.488 e. The van der Waals surface area contributed by atoms with Gasteiger partial charge < -0.3 is 4.74 Å². The zero-order chi connectivity index (χ0) is 17.5. The van der Waals surface area contributed by atoms with Crippen LogP contribution in [0.1, 0.15) is 20.8 Å². The average Bonchev–Trinajstić information content (AvgIpc) is 2.89. The first-order valence-corrected chi connectivity index (χ1v) is 11.0. The van der Waals surface area contributed by atoms with Crippen LogP contribution in [-0.2, 0) is 19.7 Å². The van der Waals surface area contributed by atoms with Gasteiger partial charge in [-0.05, 0) is 50.4 Å². The first kappa shape index (κ1) is 18.0. The molecule has 1 aromatic carbocycles. The van der Waals surface area contributed by atoms with Crippen molar-refractivity contribution in [2.75, 3.05) is 6.26 Å². The third kappa shape index (κ3) is 4.33. The molecule has 0 amide bonds. The van der Waals surface area contributed by atoms with Crippen molar-refractivity contribution >= 4 is 31.0 Å². The highest BCUT2D eigenvalue weighted by Gasteiger charge is 2.24. The zero-order valence-electron chi connectivity index (χ0n) is 13.2. The van der Waals surface area contributed by atoms with Crippen molar-refractivity contribution in [3.63, 3.8) is 0 Å². The second kappa shape index (κ2) is 5.92. The second-order valence-electron chi connectivity index (χ2n) is 6.06. The van der Waals surface area contributed by atoms with Crippen LogP contribution in [0.4, 0.5) is 0 Å². The van der Waals surface area contributed by atoms with E-state index in [1.54, 1.807) is 32.2 Å². The lowest BCUT2D eigenvalue weighted by Crippen LogP contribution is -2.23. The summed E-state index contributed by atoms with van der Waals surface area (Å²) >= 11 is 1.08. The van der Waals surface area contributed by atoms with Crippen LogP contribution in [0.5, 0.6) is 5.75 Å². The first-order valence-electron chi connectivity index (χ1n) is 6.72. The molecule has 23 heavy (non-hydrogen) atoms. The largest absolute Gasteiger partial charge is 0.488 e. The Balaban J connectivity index is 2.67. The van der Waals surface area contributed by atoms with E-state index in [2.05, 4.69) is 0 Å². The molecule has 0 unspecified atom stereocenters. The van der Waals surface area contributed by atoms with Gasteiger partial charge in [-0.2, -0.15) is 0 Å². The standard InChI is InChI=1S/C15H18O5S3/c1-15(2,3)20-11-8-12(22(4,16)17)10-13(9-11)23(18,19)14-6-5-7-21-14/h5-10H,1-4H3. The Morgan fingerprint density at radius 2 is 1.61 bits per heavy atom. The summed E-state index contributed by atoms with van der Waals surface area (Å²) in [5.41, 5.74) is -0.583. The summed E-state index contributed by atoms with van der Waals surface area (Å²) in [5, 5.41) is 1.65. The predicted molar refractivity (Wildman–Crippen MR) is 89.7 cm³/mol. The van der Waals surface area contributed by atoms with Crippen molar-refractivity contribution in [3.8, 4) is 5.75 Å². The van der Waals surface area contributed by atoms with E-state index in [-0.39, 0.29) is 19.7 Å². The topological polar surface area (TPSA) is 77.5 Å². The molecule has 0 aliphatic rings. The maximum Gasteiger partial charge on any atom is 0.216 e. The van der Waals surface area contributed by atoms with Gasteiger partial charge in [-0.15, -0.1) is 11.3 Å². The number of sulfone groups is 2. The molecule has 0 aliphatic heterocycles. The molecular formula is C15H18O5S3. The number of hydrogen-bond acceptors (Lipinski definition) is 6. The minimum atomic E-state index is -3.78. The SMILES string of the molecule is CC(C)(C)Oc1cc(S(C)(=O)=O)cc(S(=O)(=O)c2cccs2)c1. The van der Waals surface area contributed by atoms with E-state index in [0.717, 1.165) is 17.6 Å². The summed E-state index contributed by atoms with van der Waals surface area (Å²) in [5.74, 6) is 0.204. The van der Waals surface area contributed by atoms with E-state index in [9.17, 15) is 16.8 Å². The molecular weight excluding hydrogens is 356 g/mol. The van der Waals surface area contributed by atoms with E-state index in [1.165, 1.54) is 24.3 Å². The molecule has 0 bridgehead atoms. The lowest BCUT2D eigenvalue weighted by Gasteiger charge is -2.22. The van der Waals surface area contributed by atoms with Crippen LogP contribution in [0.25, 0.3) is 0 Å². The van der Waals surface area contributed by atoms with E-state index in [4.69, 9.17) is 4.74 Å². The van der Waals surface area contributed by atoms with Gasteiger partial charge in [0.25, 0.3) is 0 Å². The molecule has 0 radical (unpaired) electrons. The average molecular weight is 375 g/mol. The highest BCUT2D eigenvalue weighted by molar-refractivity contribution is 7.93. The highest BCUT2D eigenvalue weighted by Crippen LogP contribution is 2.31. The highest BCUT2D eigenvalue weighted by atomic mass is 32.2. The van der Waals surface area contributed by atoms with Crippen molar-refractivity contribution in [1.29, 1.82) is 0 Å². The van der Waals surface area contributed by atoms with Gasteiger partial charge in [0.1, 0.15) is 15.6 Å². The summed E-state index contributed by atoms with van der Waals surface area (Å²) in [7, 11) is -7.36. The number of rotatable bonds is 4. The third-order valence-corrected chi connectivity index (χ3v) is 7.00. The molecule has 1 aromatic heterocycles. The Morgan fingerprint density at radius 1 is 1.00 bits per heavy atom. The third-order valence-electron chi connectivity index (χ3n) is 2.78. The molecule has 8 heteroatoms. The molecule has 1 heterocycles. The van der Waals surface area contributed by atoms with Crippen LogP contribution in [0, 0.1) is 0 Å². The van der Waals surface area contributed by atoms with E-state index >= 15 is 0 Å². The van der Waals surface area contributed by atoms with Crippen molar-refractivity contribution in [3.05, 3.63) is 35.7 Å². The number of ether oxygens (including phenoxy) is 1. The summed E-state index contributed by atoms with van der Waals surface area (Å²) in [4.78, 5) is -0.184. The second-order valence-corrected chi connectivity index (χ2v) is 11.2. The van der Waals surface area contributed by atoms with Crippen molar-refractivity contribution in [1.82, 2.24) is 0 Å². The summed E-state index contributed by atoms with van der Waals surface area (Å²) < 4.78 is 54.9. The first-order chi connectivity index (χ1) is 10.4. The van der Waals surface area contributed by atoms with Gasteiger partial charge in [0.2, 0.25) is 9.84 Å². The maximum atomic E-state index is 12.7. The summed E-state index contributed by atoms with van der Waals surface area (Å²) in [6.07, 6.45) is 1.03. The minimum absolute atomic E-state index is 0.0885. The quantitative estimate of drug-likeness (QED) is 0.821. The lowest BCUT2D eigenvalue weighted by atomic mass is 10.2. The zero-order valence-corrected chi connectivity index (χ0v) is 15.7. The van der Waals surface area contributed by atoms with Crippen LogP contribution in [0.2, 0.25) is 0 Å². The van der Waals surface area contributed by atoms with E-state index in [0.29, 0.717) is 0 Å². The summed E-state index contributed by atoms with van der Waals surface area (Å²) in [6.45, 7) is 5.40. The molecule has 0 spiro atoms. The van der Waals surface area contributed by atoms with Crippen molar-refractivity contribution in [2.24, 2.45) is 0 Å².